The van der Waals surface area contributed by atoms with Crippen LogP contribution in [0.25, 0.3) is 0 Å². The molecule has 1 unspecified atom stereocenters. The molecule has 0 aliphatic rings. The van der Waals surface area contributed by atoms with Crippen LogP contribution in [-0.4, -0.2) is 29.1 Å². The van der Waals surface area contributed by atoms with Crippen LogP contribution in [0.2, 0.25) is 0 Å². The van der Waals surface area contributed by atoms with Crippen LogP contribution in [0.4, 0.5) is 5.69 Å². The first kappa shape index (κ1) is 12.5. The maximum atomic E-state index is 11.0. The van der Waals surface area contributed by atoms with Crippen LogP contribution in [0.5, 0.6) is 0 Å². The van der Waals surface area contributed by atoms with Crippen molar-refractivity contribution in [1.82, 2.24) is 4.98 Å². The number of nitrogens with zero attached hydrogens (tertiary/aromatic N) is 2. The van der Waals surface area contributed by atoms with Gasteiger partial charge in [-0.25, -0.2) is 4.79 Å². The molecule has 1 atom stereocenters. The Morgan fingerprint density at radius 2 is 2.31 bits per heavy atom. The lowest BCUT2D eigenvalue weighted by Crippen LogP contribution is -2.30. The lowest BCUT2D eigenvalue weighted by Gasteiger charge is -2.27. The van der Waals surface area contributed by atoms with Gasteiger partial charge in [0, 0.05) is 25.5 Å². The molecule has 0 fully saturated rings. The highest BCUT2D eigenvalue weighted by Crippen LogP contribution is 2.21. The molecule has 0 bridgehead atoms. The summed E-state index contributed by atoms with van der Waals surface area (Å²) in [6.07, 6.45) is 5.14. The number of rotatable bonds is 5. The second-order valence-corrected chi connectivity index (χ2v) is 3.95. The summed E-state index contributed by atoms with van der Waals surface area (Å²) in [6, 6.07) is 2.07. The monoisotopic (exact) mass is 222 g/mol. The highest BCUT2D eigenvalue weighted by molar-refractivity contribution is 5.94. The highest BCUT2D eigenvalue weighted by Gasteiger charge is 2.16. The second-order valence-electron chi connectivity index (χ2n) is 3.95. The van der Waals surface area contributed by atoms with E-state index in [2.05, 4.69) is 18.8 Å². The van der Waals surface area contributed by atoms with Crippen LogP contribution in [0.3, 0.4) is 0 Å². The van der Waals surface area contributed by atoms with E-state index in [9.17, 15) is 4.79 Å². The van der Waals surface area contributed by atoms with Gasteiger partial charge in [0.15, 0.2) is 0 Å². The van der Waals surface area contributed by atoms with E-state index >= 15 is 0 Å². The molecule has 4 nitrogen and oxygen atoms in total. The first-order valence-corrected chi connectivity index (χ1v) is 5.48. The fourth-order valence-corrected chi connectivity index (χ4v) is 1.71. The number of carbonyl (C=O) groups is 1. The number of pyridine rings is 1. The molecule has 1 rings (SSSR count). The molecule has 0 spiro atoms. The molecule has 0 saturated carbocycles. The Hall–Kier alpha value is -1.58. The maximum absolute atomic E-state index is 11.0. The topological polar surface area (TPSA) is 53.4 Å². The molecule has 1 aromatic heterocycles. The molecule has 1 N–H and O–H groups in total. The molecule has 16 heavy (non-hydrogen) atoms. The van der Waals surface area contributed by atoms with Gasteiger partial charge in [0.2, 0.25) is 0 Å². The fraction of sp³-hybridized carbons (Fsp3) is 0.500. The zero-order valence-corrected chi connectivity index (χ0v) is 9.97. The Labute approximate surface area is 95.9 Å². The third kappa shape index (κ3) is 2.72. The predicted molar refractivity (Wildman–Crippen MR) is 64.0 cm³/mol. The quantitative estimate of drug-likeness (QED) is 0.831. The van der Waals surface area contributed by atoms with Gasteiger partial charge in [-0.2, -0.15) is 0 Å². The van der Waals surface area contributed by atoms with Crippen molar-refractivity contribution in [3.05, 3.63) is 24.0 Å². The van der Waals surface area contributed by atoms with Gasteiger partial charge in [-0.15, -0.1) is 0 Å². The van der Waals surface area contributed by atoms with Gasteiger partial charge in [0.05, 0.1) is 5.69 Å². The van der Waals surface area contributed by atoms with Crippen molar-refractivity contribution in [3.63, 3.8) is 0 Å². The zero-order valence-electron chi connectivity index (χ0n) is 9.97. The van der Waals surface area contributed by atoms with E-state index in [1.807, 2.05) is 11.9 Å². The second kappa shape index (κ2) is 5.49. The van der Waals surface area contributed by atoms with Crippen LogP contribution in [0, 0.1) is 0 Å². The standard InChI is InChI=1S/C12H18N2O2/c1-4-5-9(2)14(3)11-6-7-13-8-10(11)12(15)16/h6-9H,4-5H2,1-3H3,(H,15,16). The maximum Gasteiger partial charge on any atom is 0.339 e. The van der Waals surface area contributed by atoms with Crippen molar-refractivity contribution in [2.75, 3.05) is 11.9 Å². The van der Waals surface area contributed by atoms with E-state index in [0.717, 1.165) is 18.5 Å². The van der Waals surface area contributed by atoms with E-state index in [0.29, 0.717) is 6.04 Å². The van der Waals surface area contributed by atoms with Crippen LogP contribution in [-0.2, 0) is 0 Å². The fourth-order valence-electron chi connectivity index (χ4n) is 1.71. The van der Waals surface area contributed by atoms with Crippen LogP contribution in [0.1, 0.15) is 37.0 Å². The van der Waals surface area contributed by atoms with Crippen LogP contribution >= 0.6 is 0 Å². The summed E-state index contributed by atoms with van der Waals surface area (Å²) in [7, 11) is 1.92. The lowest BCUT2D eigenvalue weighted by atomic mass is 10.1. The van der Waals surface area contributed by atoms with E-state index < -0.39 is 5.97 Å². The molecule has 0 aromatic carbocycles. The van der Waals surface area contributed by atoms with Gasteiger partial charge in [0.25, 0.3) is 0 Å². The summed E-state index contributed by atoms with van der Waals surface area (Å²) >= 11 is 0. The smallest absolute Gasteiger partial charge is 0.339 e. The van der Waals surface area contributed by atoms with Crippen molar-refractivity contribution < 1.29 is 9.90 Å². The van der Waals surface area contributed by atoms with Crippen molar-refractivity contribution >= 4 is 11.7 Å². The molecule has 4 heteroatoms. The third-order valence-electron chi connectivity index (χ3n) is 2.78. The molecule has 88 valence electrons. The Morgan fingerprint density at radius 3 is 2.88 bits per heavy atom. The minimum Gasteiger partial charge on any atom is -0.478 e. The largest absolute Gasteiger partial charge is 0.478 e. The summed E-state index contributed by atoms with van der Waals surface area (Å²) in [5, 5.41) is 9.06. The van der Waals surface area contributed by atoms with Crippen LogP contribution in [0.15, 0.2) is 18.5 Å². The molecular weight excluding hydrogens is 204 g/mol. The molecule has 1 heterocycles. The first-order chi connectivity index (χ1) is 7.57. The summed E-state index contributed by atoms with van der Waals surface area (Å²) in [5.74, 6) is -0.932. The van der Waals surface area contributed by atoms with Crippen molar-refractivity contribution in [2.45, 2.75) is 32.7 Å². The van der Waals surface area contributed by atoms with Crippen LogP contribution < -0.4 is 4.90 Å². The van der Waals surface area contributed by atoms with Gasteiger partial charge >= 0.3 is 5.97 Å². The average molecular weight is 222 g/mol. The normalized spacial score (nSPS) is 12.2. The van der Waals surface area contributed by atoms with E-state index in [1.54, 1.807) is 12.3 Å². The van der Waals surface area contributed by atoms with Crippen molar-refractivity contribution in [1.29, 1.82) is 0 Å². The molecule has 0 radical (unpaired) electrons. The predicted octanol–water partition coefficient (Wildman–Crippen LogP) is 2.40. The van der Waals surface area contributed by atoms with E-state index in [4.69, 9.17) is 5.11 Å². The number of aromatic carboxylic acids is 1. The Morgan fingerprint density at radius 1 is 1.62 bits per heavy atom. The molecule has 0 amide bonds. The lowest BCUT2D eigenvalue weighted by molar-refractivity contribution is 0.0697. The summed E-state index contributed by atoms with van der Waals surface area (Å²) in [5.41, 5.74) is 0.983. The third-order valence-corrected chi connectivity index (χ3v) is 2.78. The Kier molecular flexibility index (Phi) is 4.28. The number of carboxylic acids is 1. The SMILES string of the molecule is CCCC(C)N(C)c1ccncc1C(=O)O. The highest BCUT2D eigenvalue weighted by atomic mass is 16.4. The number of carboxylic acid groups (broad SMARTS) is 1. The first-order valence-electron chi connectivity index (χ1n) is 5.48. The number of aromatic nitrogens is 1. The summed E-state index contributed by atoms with van der Waals surface area (Å²) in [4.78, 5) is 16.9. The van der Waals surface area contributed by atoms with Gasteiger partial charge in [0.1, 0.15) is 5.56 Å². The minimum absolute atomic E-state index is 0.257. The van der Waals surface area contributed by atoms with Gasteiger partial charge in [-0.1, -0.05) is 13.3 Å². The van der Waals surface area contributed by atoms with Crippen molar-refractivity contribution in [2.24, 2.45) is 0 Å². The molecule has 1 aromatic rings. The van der Waals surface area contributed by atoms with E-state index in [-0.39, 0.29) is 5.56 Å². The minimum atomic E-state index is -0.932. The molecule has 0 saturated heterocycles. The van der Waals surface area contributed by atoms with Crippen molar-refractivity contribution in [3.8, 4) is 0 Å². The molecule has 0 aliphatic heterocycles. The van der Waals surface area contributed by atoms with E-state index in [1.165, 1.54) is 6.20 Å². The average Bonchev–Trinajstić information content (AvgIpc) is 2.28. The Balaban J connectivity index is 2.98. The zero-order chi connectivity index (χ0) is 12.1. The van der Waals surface area contributed by atoms with Gasteiger partial charge < -0.3 is 10.0 Å². The number of anilines is 1. The summed E-state index contributed by atoms with van der Waals surface area (Å²) in [6.45, 7) is 4.21. The van der Waals surface area contributed by atoms with Gasteiger partial charge in [-0.05, 0) is 19.4 Å². The number of hydrogen-bond acceptors (Lipinski definition) is 3. The Bertz CT molecular complexity index is 366. The molecular formula is C12H18N2O2. The van der Waals surface area contributed by atoms with Gasteiger partial charge in [-0.3, -0.25) is 4.98 Å². The number of hydrogen-bond donors (Lipinski definition) is 1. The summed E-state index contributed by atoms with van der Waals surface area (Å²) < 4.78 is 0. The molecule has 0 aliphatic carbocycles.